The highest BCUT2D eigenvalue weighted by molar-refractivity contribution is 5.98. The third-order valence-electron chi connectivity index (χ3n) is 2.43. The molecule has 6 nitrogen and oxygen atoms in total. The van der Waals surface area contributed by atoms with Crippen molar-refractivity contribution >= 4 is 11.7 Å². The Labute approximate surface area is 110 Å². The van der Waals surface area contributed by atoms with E-state index in [4.69, 9.17) is 10.9 Å². The van der Waals surface area contributed by atoms with Crippen molar-refractivity contribution in [3.8, 4) is 0 Å². The Morgan fingerprint density at radius 2 is 2.26 bits per heavy atom. The van der Waals surface area contributed by atoms with Gasteiger partial charge in [-0.05, 0) is 24.6 Å². The van der Waals surface area contributed by atoms with Crippen molar-refractivity contribution in [1.82, 2.24) is 10.6 Å². The number of carbonyl (C=O) groups excluding carboxylic acids is 1. The van der Waals surface area contributed by atoms with Gasteiger partial charge in [-0.1, -0.05) is 11.2 Å². The van der Waals surface area contributed by atoms with Crippen LogP contribution in [0.3, 0.4) is 0 Å². The maximum Gasteiger partial charge on any atom is 0.233 e. The van der Waals surface area contributed by atoms with Gasteiger partial charge >= 0.3 is 0 Å². The van der Waals surface area contributed by atoms with Gasteiger partial charge in [0.25, 0.3) is 0 Å². The average Bonchev–Trinajstić information content (AvgIpc) is 2.39. The first-order valence-corrected chi connectivity index (χ1v) is 5.82. The molecule has 7 heteroatoms. The maximum atomic E-state index is 13.1. The van der Waals surface area contributed by atoms with Crippen LogP contribution in [0.5, 0.6) is 0 Å². The lowest BCUT2D eigenvalue weighted by Crippen LogP contribution is -2.33. The van der Waals surface area contributed by atoms with Gasteiger partial charge in [0.05, 0.1) is 6.54 Å². The van der Waals surface area contributed by atoms with Crippen LogP contribution in [0.15, 0.2) is 23.4 Å². The molecule has 0 fully saturated rings. The second kappa shape index (κ2) is 7.32. The molecule has 0 spiro atoms. The molecule has 1 rings (SSSR count). The number of nitrogens with two attached hydrogens (primary N) is 1. The van der Waals surface area contributed by atoms with E-state index in [9.17, 15) is 9.18 Å². The van der Waals surface area contributed by atoms with Crippen LogP contribution >= 0.6 is 0 Å². The Kier molecular flexibility index (Phi) is 5.74. The number of likely N-dealkylation sites (N-methyl/N-ethyl adjacent to an activating group) is 1. The predicted molar refractivity (Wildman–Crippen MR) is 69.3 cm³/mol. The fourth-order valence-corrected chi connectivity index (χ4v) is 1.57. The SMILES string of the molecule is CCNC(=O)CNCc1ccc(F)cc1C(N)=NO. The lowest BCUT2D eigenvalue weighted by Gasteiger charge is -2.09. The molecule has 0 aliphatic heterocycles. The molecule has 0 aliphatic rings. The van der Waals surface area contributed by atoms with E-state index in [0.29, 0.717) is 24.2 Å². The maximum absolute atomic E-state index is 13.1. The molecule has 0 heterocycles. The Balaban J connectivity index is 2.70. The number of hydrogen-bond donors (Lipinski definition) is 4. The van der Waals surface area contributed by atoms with Gasteiger partial charge in [-0.3, -0.25) is 4.79 Å². The lowest BCUT2D eigenvalue weighted by atomic mass is 10.1. The molecule has 104 valence electrons. The first kappa shape index (κ1) is 14.9. The molecule has 0 radical (unpaired) electrons. The highest BCUT2D eigenvalue weighted by Crippen LogP contribution is 2.11. The number of rotatable bonds is 6. The van der Waals surface area contributed by atoms with Crippen LogP contribution in [-0.4, -0.2) is 30.0 Å². The molecule has 0 unspecified atom stereocenters. The van der Waals surface area contributed by atoms with E-state index in [1.807, 2.05) is 6.92 Å². The summed E-state index contributed by atoms with van der Waals surface area (Å²) in [5.41, 5.74) is 6.41. The molecular formula is C12H17FN4O2. The van der Waals surface area contributed by atoms with Crippen molar-refractivity contribution in [1.29, 1.82) is 0 Å². The Morgan fingerprint density at radius 3 is 2.89 bits per heavy atom. The van der Waals surface area contributed by atoms with Crippen molar-refractivity contribution in [2.24, 2.45) is 10.9 Å². The summed E-state index contributed by atoms with van der Waals surface area (Å²) in [6.45, 7) is 2.84. The summed E-state index contributed by atoms with van der Waals surface area (Å²) in [6.07, 6.45) is 0. The zero-order valence-corrected chi connectivity index (χ0v) is 10.6. The number of nitrogens with one attached hydrogen (secondary N) is 2. The molecule has 0 atom stereocenters. The zero-order chi connectivity index (χ0) is 14.3. The Hall–Kier alpha value is -2.15. The van der Waals surface area contributed by atoms with Gasteiger partial charge in [0.2, 0.25) is 5.91 Å². The lowest BCUT2D eigenvalue weighted by molar-refractivity contribution is -0.120. The normalized spacial score (nSPS) is 11.4. The van der Waals surface area contributed by atoms with E-state index in [2.05, 4.69) is 15.8 Å². The van der Waals surface area contributed by atoms with Crippen LogP contribution in [0.25, 0.3) is 0 Å². The van der Waals surface area contributed by atoms with Crippen molar-refractivity contribution in [2.45, 2.75) is 13.5 Å². The minimum atomic E-state index is -0.478. The van der Waals surface area contributed by atoms with E-state index in [1.165, 1.54) is 18.2 Å². The standard InChI is InChI=1S/C12H17FN4O2/c1-2-16-11(18)7-15-6-8-3-4-9(13)5-10(8)12(14)17-19/h3-5,15,19H,2,6-7H2,1H3,(H2,14,17)(H,16,18). The number of oxime groups is 1. The van der Waals surface area contributed by atoms with E-state index in [0.717, 1.165) is 0 Å². The molecule has 19 heavy (non-hydrogen) atoms. The van der Waals surface area contributed by atoms with Crippen LogP contribution < -0.4 is 16.4 Å². The van der Waals surface area contributed by atoms with Crippen LogP contribution in [0.1, 0.15) is 18.1 Å². The molecule has 1 amide bonds. The number of amides is 1. The summed E-state index contributed by atoms with van der Waals surface area (Å²) in [4.78, 5) is 11.2. The summed E-state index contributed by atoms with van der Waals surface area (Å²) < 4.78 is 13.1. The summed E-state index contributed by atoms with van der Waals surface area (Å²) in [5.74, 6) is -0.779. The van der Waals surface area contributed by atoms with Crippen molar-refractivity contribution < 1.29 is 14.4 Å². The van der Waals surface area contributed by atoms with E-state index >= 15 is 0 Å². The number of hydrogen-bond acceptors (Lipinski definition) is 4. The fourth-order valence-electron chi connectivity index (χ4n) is 1.57. The molecule has 0 saturated carbocycles. The Morgan fingerprint density at radius 1 is 1.53 bits per heavy atom. The highest BCUT2D eigenvalue weighted by Gasteiger charge is 2.09. The van der Waals surface area contributed by atoms with Crippen LogP contribution in [-0.2, 0) is 11.3 Å². The molecule has 0 saturated heterocycles. The molecular weight excluding hydrogens is 251 g/mol. The van der Waals surface area contributed by atoms with E-state index < -0.39 is 5.82 Å². The van der Waals surface area contributed by atoms with Gasteiger partial charge in [-0.25, -0.2) is 4.39 Å². The minimum Gasteiger partial charge on any atom is -0.409 e. The molecule has 0 bridgehead atoms. The van der Waals surface area contributed by atoms with Gasteiger partial charge in [-0.2, -0.15) is 0 Å². The van der Waals surface area contributed by atoms with E-state index in [-0.39, 0.29) is 18.3 Å². The smallest absolute Gasteiger partial charge is 0.233 e. The first-order valence-electron chi connectivity index (χ1n) is 5.82. The average molecular weight is 268 g/mol. The summed E-state index contributed by atoms with van der Waals surface area (Å²) in [7, 11) is 0. The fraction of sp³-hybridized carbons (Fsp3) is 0.333. The van der Waals surface area contributed by atoms with Gasteiger partial charge in [0, 0.05) is 18.7 Å². The third-order valence-corrected chi connectivity index (χ3v) is 2.43. The quantitative estimate of drug-likeness (QED) is 0.255. The molecule has 1 aromatic carbocycles. The molecule has 5 N–H and O–H groups in total. The zero-order valence-electron chi connectivity index (χ0n) is 10.6. The second-order valence-corrected chi connectivity index (χ2v) is 3.84. The van der Waals surface area contributed by atoms with Crippen molar-refractivity contribution in [2.75, 3.05) is 13.1 Å². The van der Waals surface area contributed by atoms with E-state index in [1.54, 1.807) is 0 Å². The largest absolute Gasteiger partial charge is 0.409 e. The first-order chi connectivity index (χ1) is 9.08. The van der Waals surface area contributed by atoms with Gasteiger partial charge in [0.15, 0.2) is 5.84 Å². The minimum absolute atomic E-state index is 0.130. The topological polar surface area (TPSA) is 99.7 Å². The van der Waals surface area contributed by atoms with Crippen molar-refractivity contribution in [3.63, 3.8) is 0 Å². The number of carbonyl (C=O) groups is 1. The summed E-state index contributed by atoms with van der Waals surface area (Å²) >= 11 is 0. The molecule has 0 aromatic heterocycles. The van der Waals surface area contributed by atoms with Gasteiger partial charge < -0.3 is 21.6 Å². The van der Waals surface area contributed by atoms with Crippen LogP contribution in [0.4, 0.5) is 4.39 Å². The summed E-state index contributed by atoms with van der Waals surface area (Å²) in [6, 6.07) is 3.98. The highest BCUT2D eigenvalue weighted by atomic mass is 19.1. The number of nitrogens with zero attached hydrogens (tertiary/aromatic N) is 1. The number of amidine groups is 1. The second-order valence-electron chi connectivity index (χ2n) is 3.84. The van der Waals surface area contributed by atoms with Gasteiger partial charge in [0.1, 0.15) is 5.82 Å². The Bertz CT molecular complexity index is 477. The van der Waals surface area contributed by atoms with Crippen molar-refractivity contribution in [3.05, 3.63) is 35.1 Å². The third kappa shape index (κ3) is 4.55. The number of benzene rings is 1. The monoisotopic (exact) mass is 268 g/mol. The number of halogens is 1. The van der Waals surface area contributed by atoms with Crippen LogP contribution in [0, 0.1) is 5.82 Å². The van der Waals surface area contributed by atoms with Crippen LogP contribution in [0.2, 0.25) is 0 Å². The molecule has 0 aliphatic carbocycles. The van der Waals surface area contributed by atoms with Gasteiger partial charge in [-0.15, -0.1) is 0 Å². The predicted octanol–water partition coefficient (Wildman–Crippen LogP) is 0.146. The summed E-state index contributed by atoms with van der Waals surface area (Å²) in [5, 5.41) is 17.0. The molecule has 1 aromatic rings.